The van der Waals surface area contributed by atoms with Crippen LogP contribution in [0, 0.1) is 67.6 Å². The molecule has 0 aliphatic rings. The van der Waals surface area contributed by atoms with E-state index in [9.17, 15) is 20.4 Å². The fourth-order valence-corrected chi connectivity index (χ4v) is 6.79. The number of ether oxygens (including phenoxy) is 2. The van der Waals surface area contributed by atoms with Gasteiger partial charge < -0.3 is 36.1 Å². The molecule has 0 fully saturated rings. The van der Waals surface area contributed by atoms with Crippen molar-refractivity contribution in [2.24, 2.45) is 0 Å². The van der Waals surface area contributed by atoms with Crippen molar-refractivity contribution in [1.29, 1.82) is 0 Å². The first-order chi connectivity index (χ1) is 25.5. The zero-order valence-electron chi connectivity index (χ0n) is 39.1. The number of aromatic hydroxyl groups is 3. The van der Waals surface area contributed by atoms with Crippen LogP contribution in [0.3, 0.4) is 0 Å². The third kappa shape index (κ3) is 15.7. The van der Waals surface area contributed by atoms with Crippen LogP contribution in [-0.2, 0) is 44.0 Å². The maximum atomic E-state index is 13.0. The Balaban J connectivity index is 0.000000953. The Bertz CT molecular complexity index is 1660. The summed E-state index contributed by atoms with van der Waals surface area (Å²) in [5.41, 5.74) is 10.8. The quantitative estimate of drug-likeness (QED) is 0.158. The first-order valence-corrected chi connectivity index (χ1v) is 19.8. The molecule has 0 aliphatic heterocycles. The van der Waals surface area contributed by atoms with Gasteiger partial charge in [0.05, 0.1) is 13.2 Å². The fourth-order valence-electron chi connectivity index (χ4n) is 6.79. The Morgan fingerprint density at radius 3 is 0.897 bits per heavy atom. The summed E-state index contributed by atoms with van der Waals surface area (Å²) >= 11 is 0. The molecule has 5 N–H and O–H groups in total. The molecular weight excluding hydrogens is 943 g/mol. The monoisotopic (exact) mass is 1020 g/mol. The van der Waals surface area contributed by atoms with E-state index < -0.39 is 0 Å². The molecule has 0 aliphatic carbocycles. The second-order valence-electron chi connectivity index (χ2n) is 19.6. The molecule has 0 saturated carbocycles. The molecular formula is C50H75NO6Th-2. The van der Waals surface area contributed by atoms with Gasteiger partial charge >= 0.3 is 0 Å². The molecule has 7 nitrogen and oxygen atoms in total. The zero-order valence-corrected chi connectivity index (χ0v) is 43.2. The first kappa shape index (κ1) is 55.3. The van der Waals surface area contributed by atoms with Gasteiger partial charge in [-0.2, -0.15) is 0 Å². The molecule has 0 radical (unpaired) electrons. The van der Waals surface area contributed by atoms with Gasteiger partial charge in [0.25, 0.3) is 0 Å². The number of rotatable bonds is 7. The summed E-state index contributed by atoms with van der Waals surface area (Å²) in [6, 6.07) is 16.1. The van der Waals surface area contributed by atoms with Crippen LogP contribution >= 0.6 is 0 Å². The number of methoxy groups -OCH3 is 2. The molecule has 0 bridgehead atoms. The Morgan fingerprint density at radius 1 is 0.431 bits per heavy atom. The second kappa shape index (κ2) is 22.2. The topological polar surface area (TPSA) is 136 Å². The molecule has 0 saturated heterocycles. The van der Waals surface area contributed by atoms with Crippen molar-refractivity contribution in [3.05, 3.63) is 121 Å². The van der Waals surface area contributed by atoms with Crippen molar-refractivity contribution >= 4 is 0 Å². The summed E-state index contributed by atoms with van der Waals surface area (Å²) in [6.07, 6.45) is 0.980. The van der Waals surface area contributed by atoms with Crippen molar-refractivity contribution in [3.8, 4) is 23.0 Å². The minimum atomic E-state index is -0.191. The third-order valence-corrected chi connectivity index (χ3v) is 9.80. The predicted molar refractivity (Wildman–Crippen MR) is 239 cm³/mol. The van der Waals surface area contributed by atoms with Crippen molar-refractivity contribution < 1.29 is 69.8 Å². The van der Waals surface area contributed by atoms with E-state index in [4.69, 9.17) is 0 Å². The normalized spacial score (nSPS) is 11.7. The molecule has 4 rings (SSSR count). The van der Waals surface area contributed by atoms with E-state index in [1.54, 1.807) is 14.2 Å². The van der Waals surface area contributed by atoms with Crippen LogP contribution in [0.5, 0.6) is 23.0 Å². The van der Waals surface area contributed by atoms with Crippen molar-refractivity contribution in [2.75, 3.05) is 27.4 Å². The zero-order chi connectivity index (χ0) is 43.1. The van der Waals surface area contributed by atoms with E-state index in [2.05, 4.69) is 119 Å². The summed E-state index contributed by atoms with van der Waals surface area (Å²) in [5.74, 6) is 1.10. The summed E-state index contributed by atoms with van der Waals surface area (Å²) in [6.45, 7) is 34.6. The Kier molecular flexibility index (Phi) is 21.2. The number of benzene rings is 4. The molecule has 4 aromatic carbocycles. The van der Waals surface area contributed by atoms with Crippen molar-refractivity contribution in [1.82, 2.24) is 0 Å². The van der Waals surface area contributed by atoms with Gasteiger partial charge in [0.2, 0.25) is 0 Å². The van der Waals surface area contributed by atoms with Gasteiger partial charge in [-0.3, -0.25) is 0 Å². The largest absolute Gasteiger partial charge is 0.872 e. The van der Waals surface area contributed by atoms with E-state index in [1.807, 2.05) is 50.2 Å². The molecule has 0 aromatic heterocycles. The van der Waals surface area contributed by atoms with Crippen LogP contribution in [0.15, 0.2) is 48.5 Å². The van der Waals surface area contributed by atoms with Crippen LogP contribution in [0.4, 0.5) is 0 Å². The molecule has 0 unspecified atom stereocenters. The second-order valence-corrected chi connectivity index (χ2v) is 19.6. The van der Waals surface area contributed by atoms with Gasteiger partial charge in [-0.1, -0.05) is 159 Å². The van der Waals surface area contributed by atoms with Gasteiger partial charge in [-0.15, -0.1) is 5.75 Å². The molecule has 0 heterocycles. The maximum absolute atomic E-state index is 13.0. The Morgan fingerprint density at radius 2 is 0.655 bits per heavy atom. The number of hydrogen-bond acceptors (Lipinski definition) is 6. The maximum Gasteiger partial charge on any atom is 0.122 e. The molecule has 0 atom stereocenters. The number of hydrogen-bond donors (Lipinski definition) is 3. The van der Waals surface area contributed by atoms with E-state index in [-0.39, 0.29) is 73.5 Å². The van der Waals surface area contributed by atoms with Crippen LogP contribution in [0.1, 0.15) is 150 Å². The van der Waals surface area contributed by atoms with Gasteiger partial charge in [0.15, 0.2) is 0 Å². The van der Waals surface area contributed by atoms with Crippen LogP contribution in [0.2, 0.25) is 0 Å². The Labute approximate surface area is 384 Å². The molecule has 58 heavy (non-hydrogen) atoms. The van der Waals surface area contributed by atoms with Crippen molar-refractivity contribution in [2.45, 2.75) is 145 Å². The molecule has 0 spiro atoms. The number of phenols is 3. The summed E-state index contributed by atoms with van der Waals surface area (Å²) in [4.78, 5) is 0. The summed E-state index contributed by atoms with van der Waals surface area (Å²) in [5, 5.41) is 45.4. The van der Waals surface area contributed by atoms with E-state index in [1.165, 1.54) is 0 Å². The SMILES string of the molecule is COCCOC.Cc1cc(Cc2cc(C)cc(C(C)(C)C)c2O)c(O)c(C(C)(C)C)c1.Cc1cc(Cc2cc(C)cc(C(C)(C)C)c2O)c([O-])c(C(C)(C)C)c1.[NH2-].[Th]. The average Bonchev–Trinajstić information content (AvgIpc) is 3.04. The number of aryl methyl sites for hydroxylation is 4. The molecule has 0 amide bonds. The third-order valence-electron chi connectivity index (χ3n) is 9.80. The number of nitrogens with two attached hydrogens (primary N) is 1. The summed E-state index contributed by atoms with van der Waals surface area (Å²) < 4.78 is 9.31. The predicted octanol–water partition coefficient (Wildman–Crippen LogP) is 12.2. The average molecular weight is 1020 g/mol. The molecule has 322 valence electrons. The van der Waals surface area contributed by atoms with Crippen LogP contribution in [0.25, 0.3) is 6.15 Å². The Hall–Kier alpha value is -2.72. The van der Waals surface area contributed by atoms with E-state index in [0.29, 0.717) is 43.3 Å². The minimum Gasteiger partial charge on any atom is -0.872 e. The van der Waals surface area contributed by atoms with E-state index >= 15 is 0 Å². The fraction of sp³-hybridized carbons (Fsp3) is 0.520. The van der Waals surface area contributed by atoms with Gasteiger partial charge in [0.1, 0.15) is 17.2 Å². The first-order valence-electron chi connectivity index (χ1n) is 19.8. The molecule has 4 aromatic rings. The van der Waals surface area contributed by atoms with E-state index in [0.717, 1.165) is 66.8 Å². The van der Waals surface area contributed by atoms with Crippen molar-refractivity contribution in [3.63, 3.8) is 0 Å². The standard InChI is InChI=1S/2C23H32O2.C4H10O2.H2N.Th/c2*1-14-9-16(20(24)18(11-14)22(3,4)5)13-17-10-15(2)12-19(21(17)25)23(6,7)8;1-5-3-4-6-2;;/h2*9-12,24-25H,13H2,1-8H3;3-4H2,1-2H3;1H2;/q;;;-1;/p-1. The number of phenolic OH excluding ortho intramolecular Hbond substituents is 3. The smallest absolute Gasteiger partial charge is 0.122 e. The van der Waals surface area contributed by atoms with Gasteiger partial charge in [-0.05, 0) is 88.3 Å². The van der Waals surface area contributed by atoms with Gasteiger partial charge in [0, 0.05) is 67.0 Å². The summed E-state index contributed by atoms with van der Waals surface area (Å²) in [7, 11) is 3.30. The van der Waals surface area contributed by atoms with Gasteiger partial charge in [-0.25, -0.2) is 0 Å². The molecule has 8 heteroatoms. The minimum absolute atomic E-state index is 0. The van der Waals surface area contributed by atoms with Crippen LogP contribution < -0.4 is 5.11 Å². The van der Waals surface area contributed by atoms with Crippen LogP contribution in [-0.4, -0.2) is 42.8 Å².